The summed E-state index contributed by atoms with van der Waals surface area (Å²) in [5, 5.41) is 4.42. The van der Waals surface area contributed by atoms with Crippen LogP contribution in [-0.4, -0.2) is 29.9 Å². The summed E-state index contributed by atoms with van der Waals surface area (Å²) >= 11 is 1.71. The first kappa shape index (κ1) is 14.5. The second-order valence-electron chi connectivity index (χ2n) is 4.61. The zero-order chi connectivity index (χ0) is 14.4. The number of aryl methyl sites for hydroxylation is 1. The third-order valence-corrected chi connectivity index (χ3v) is 3.82. The summed E-state index contributed by atoms with van der Waals surface area (Å²) in [4.78, 5) is 12.0. The first-order chi connectivity index (χ1) is 9.69. The maximum Gasteiger partial charge on any atom is 0.194 e. The van der Waals surface area contributed by atoms with Gasteiger partial charge in [0.1, 0.15) is 5.01 Å². The molecule has 5 heteroatoms. The van der Waals surface area contributed by atoms with Crippen molar-refractivity contribution < 1.29 is 0 Å². The molecule has 0 saturated carbocycles. The Bertz CT molecular complexity index is 562. The van der Waals surface area contributed by atoms with E-state index in [2.05, 4.69) is 51.4 Å². The number of thiazole rings is 1. The molecule has 1 heterocycles. The Morgan fingerprint density at radius 2 is 2.10 bits per heavy atom. The third kappa shape index (κ3) is 4.06. The molecule has 4 nitrogen and oxygen atoms in total. The average Bonchev–Trinajstić information content (AvgIpc) is 2.86. The van der Waals surface area contributed by atoms with Crippen LogP contribution < -0.4 is 5.32 Å². The van der Waals surface area contributed by atoms with E-state index in [0.29, 0.717) is 6.54 Å². The van der Waals surface area contributed by atoms with Gasteiger partial charge in [-0.3, -0.25) is 4.99 Å². The predicted octanol–water partition coefficient (Wildman–Crippen LogP) is 2.66. The van der Waals surface area contributed by atoms with Gasteiger partial charge in [0, 0.05) is 31.7 Å². The van der Waals surface area contributed by atoms with Gasteiger partial charge >= 0.3 is 0 Å². The van der Waals surface area contributed by atoms with Gasteiger partial charge in [-0.15, -0.1) is 11.3 Å². The van der Waals surface area contributed by atoms with Crippen molar-refractivity contribution in [2.45, 2.75) is 20.0 Å². The topological polar surface area (TPSA) is 40.5 Å². The van der Waals surface area contributed by atoms with Crippen LogP contribution in [0.5, 0.6) is 0 Å². The molecule has 106 valence electrons. The monoisotopic (exact) mass is 288 g/mol. The van der Waals surface area contributed by atoms with Crippen LogP contribution in [0.15, 0.2) is 41.5 Å². The fourth-order valence-electron chi connectivity index (χ4n) is 1.95. The molecule has 0 aliphatic heterocycles. The fourth-order valence-corrected chi connectivity index (χ4v) is 2.68. The maximum atomic E-state index is 4.35. The Morgan fingerprint density at radius 1 is 1.35 bits per heavy atom. The normalized spacial score (nSPS) is 11.4. The lowest BCUT2D eigenvalue weighted by Crippen LogP contribution is -2.38. The first-order valence-corrected chi connectivity index (χ1v) is 7.37. The number of aliphatic imine (C=N–C) groups is 1. The van der Waals surface area contributed by atoms with Gasteiger partial charge in [0.25, 0.3) is 0 Å². The SMILES string of the molecule is CN=C(NCc1ncc(C)s1)N(C)Cc1ccccc1. The van der Waals surface area contributed by atoms with Crippen LogP contribution in [0.3, 0.4) is 0 Å². The summed E-state index contributed by atoms with van der Waals surface area (Å²) in [6, 6.07) is 10.4. The zero-order valence-electron chi connectivity index (χ0n) is 12.1. The van der Waals surface area contributed by atoms with Gasteiger partial charge in [-0.2, -0.15) is 0 Å². The number of hydrogen-bond donors (Lipinski definition) is 1. The van der Waals surface area contributed by atoms with E-state index < -0.39 is 0 Å². The van der Waals surface area contributed by atoms with Crippen molar-refractivity contribution in [1.82, 2.24) is 15.2 Å². The molecule has 2 rings (SSSR count). The van der Waals surface area contributed by atoms with E-state index in [0.717, 1.165) is 17.5 Å². The highest BCUT2D eigenvalue weighted by Crippen LogP contribution is 2.10. The molecule has 1 aromatic carbocycles. The second-order valence-corrected chi connectivity index (χ2v) is 5.93. The molecule has 1 N–H and O–H groups in total. The van der Waals surface area contributed by atoms with Crippen LogP contribution in [0.2, 0.25) is 0 Å². The van der Waals surface area contributed by atoms with Gasteiger partial charge in [0.15, 0.2) is 5.96 Å². The number of benzene rings is 1. The number of rotatable bonds is 4. The summed E-state index contributed by atoms with van der Waals surface area (Å²) in [6.45, 7) is 3.61. The van der Waals surface area contributed by atoms with E-state index in [9.17, 15) is 0 Å². The van der Waals surface area contributed by atoms with E-state index >= 15 is 0 Å². The van der Waals surface area contributed by atoms with E-state index in [4.69, 9.17) is 0 Å². The number of nitrogens with one attached hydrogen (secondary N) is 1. The van der Waals surface area contributed by atoms with Crippen LogP contribution in [0.1, 0.15) is 15.4 Å². The van der Waals surface area contributed by atoms with Gasteiger partial charge < -0.3 is 10.2 Å². The summed E-state index contributed by atoms with van der Waals surface area (Å²) in [6.07, 6.45) is 1.90. The highest BCUT2D eigenvalue weighted by Gasteiger charge is 2.07. The molecule has 0 amide bonds. The van der Waals surface area contributed by atoms with Crippen LogP contribution in [0.4, 0.5) is 0 Å². The number of hydrogen-bond acceptors (Lipinski definition) is 3. The zero-order valence-corrected chi connectivity index (χ0v) is 12.9. The van der Waals surface area contributed by atoms with Gasteiger partial charge in [0.05, 0.1) is 6.54 Å². The van der Waals surface area contributed by atoms with Crippen LogP contribution in [0.25, 0.3) is 0 Å². The Kier molecular flexibility index (Phi) is 5.12. The van der Waals surface area contributed by atoms with Gasteiger partial charge in [0.2, 0.25) is 0 Å². The summed E-state index contributed by atoms with van der Waals surface area (Å²) in [7, 11) is 3.84. The molecule has 0 aliphatic rings. The Morgan fingerprint density at radius 3 is 2.70 bits per heavy atom. The van der Waals surface area contributed by atoms with Crippen molar-refractivity contribution in [2.24, 2.45) is 4.99 Å². The molecule has 0 bridgehead atoms. The van der Waals surface area contributed by atoms with E-state index in [1.165, 1.54) is 10.4 Å². The summed E-state index contributed by atoms with van der Waals surface area (Å²) in [5.74, 6) is 0.877. The minimum absolute atomic E-state index is 0.713. The van der Waals surface area contributed by atoms with Gasteiger partial charge in [-0.25, -0.2) is 4.98 Å². The highest BCUT2D eigenvalue weighted by molar-refractivity contribution is 7.11. The Labute approximate surface area is 124 Å². The lowest BCUT2D eigenvalue weighted by molar-refractivity contribution is 0.476. The number of guanidine groups is 1. The van der Waals surface area contributed by atoms with Crippen molar-refractivity contribution in [1.29, 1.82) is 0 Å². The molecule has 1 aromatic heterocycles. The second kappa shape index (κ2) is 7.05. The van der Waals surface area contributed by atoms with Crippen molar-refractivity contribution in [3.63, 3.8) is 0 Å². The minimum atomic E-state index is 0.713. The average molecular weight is 288 g/mol. The molecule has 2 aromatic rings. The Hall–Kier alpha value is -1.88. The number of nitrogens with zero attached hydrogens (tertiary/aromatic N) is 3. The van der Waals surface area contributed by atoms with Gasteiger partial charge in [-0.05, 0) is 12.5 Å². The molecular formula is C15H20N4S. The van der Waals surface area contributed by atoms with Crippen molar-refractivity contribution >= 4 is 17.3 Å². The lowest BCUT2D eigenvalue weighted by atomic mass is 10.2. The number of aromatic nitrogens is 1. The summed E-state index contributed by atoms with van der Waals surface area (Å²) in [5.41, 5.74) is 1.27. The smallest absolute Gasteiger partial charge is 0.194 e. The van der Waals surface area contributed by atoms with E-state index in [1.807, 2.05) is 19.3 Å². The quantitative estimate of drug-likeness (QED) is 0.694. The van der Waals surface area contributed by atoms with Crippen molar-refractivity contribution in [2.75, 3.05) is 14.1 Å². The molecular weight excluding hydrogens is 268 g/mol. The van der Waals surface area contributed by atoms with Gasteiger partial charge in [-0.1, -0.05) is 30.3 Å². The highest BCUT2D eigenvalue weighted by atomic mass is 32.1. The third-order valence-electron chi connectivity index (χ3n) is 2.90. The molecule has 0 radical (unpaired) electrons. The van der Waals surface area contributed by atoms with Crippen LogP contribution >= 0.6 is 11.3 Å². The lowest BCUT2D eigenvalue weighted by Gasteiger charge is -2.21. The van der Waals surface area contributed by atoms with Crippen molar-refractivity contribution in [3.8, 4) is 0 Å². The molecule has 0 spiro atoms. The molecule has 0 unspecified atom stereocenters. The maximum absolute atomic E-state index is 4.35. The first-order valence-electron chi connectivity index (χ1n) is 6.56. The predicted molar refractivity (Wildman–Crippen MR) is 85.0 cm³/mol. The van der Waals surface area contributed by atoms with Crippen LogP contribution in [-0.2, 0) is 13.1 Å². The van der Waals surface area contributed by atoms with E-state index in [1.54, 1.807) is 18.4 Å². The molecule has 0 atom stereocenters. The molecule has 0 fully saturated rings. The standard InChI is InChI=1S/C15H20N4S/c1-12-9-17-14(20-12)10-18-15(16-2)19(3)11-13-7-5-4-6-8-13/h4-9H,10-11H2,1-3H3,(H,16,18). The molecule has 0 aliphatic carbocycles. The van der Waals surface area contributed by atoms with E-state index in [-0.39, 0.29) is 0 Å². The van der Waals surface area contributed by atoms with Crippen molar-refractivity contribution in [3.05, 3.63) is 52.0 Å². The minimum Gasteiger partial charge on any atom is -0.350 e. The largest absolute Gasteiger partial charge is 0.350 e. The molecule has 20 heavy (non-hydrogen) atoms. The molecule has 0 saturated heterocycles. The Balaban J connectivity index is 1.91. The van der Waals surface area contributed by atoms with Crippen LogP contribution in [0, 0.1) is 6.92 Å². The summed E-state index contributed by atoms with van der Waals surface area (Å²) < 4.78 is 0. The fraction of sp³-hybridized carbons (Fsp3) is 0.333.